The quantitative estimate of drug-likeness (QED) is 0.892. The highest BCUT2D eigenvalue weighted by molar-refractivity contribution is 6.42. The number of anilines is 2. The number of amides is 1. The van der Waals surface area contributed by atoms with Crippen molar-refractivity contribution < 1.29 is 4.79 Å². The summed E-state index contributed by atoms with van der Waals surface area (Å²) in [5.41, 5.74) is 7.39. The number of nitrogens with one attached hydrogen (secondary N) is 1. The number of carbonyl (C=O) groups excluding carboxylic acids is 1. The Kier molecular flexibility index (Phi) is 4.26. The molecule has 0 spiro atoms. The number of carbonyl (C=O) groups is 1. The van der Waals surface area contributed by atoms with E-state index in [4.69, 9.17) is 28.9 Å². The lowest BCUT2D eigenvalue weighted by molar-refractivity contribution is 0.101. The molecule has 4 nitrogen and oxygen atoms in total. The van der Waals surface area contributed by atoms with Crippen LogP contribution in [0, 0.1) is 0 Å². The molecule has 0 saturated carbocycles. The van der Waals surface area contributed by atoms with E-state index in [9.17, 15) is 4.79 Å². The molecule has 0 bridgehead atoms. The molecule has 0 saturated heterocycles. The van der Waals surface area contributed by atoms with Gasteiger partial charge in [0.05, 0.1) is 15.7 Å². The summed E-state index contributed by atoms with van der Waals surface area (Å²) in [6.07, 6.45) is 1.74. The number of nitrogen functional groups attached to an aromatic ring is 1. The number of rotatable bonds is 3. The van der Waals surface area contributed by atoms with Gasteiger partial charge < -0.3 is 15.6 Å². The van der Waals surface area contributed by atoms with Crippen molar-refractivity contribution in [3.63, 3.8) is 0 Å². The summed E-state index contributed by atoms with van der Waals surface area (Å²) in [7, 11) is 0. The SMILES string of the molecule is CC(C)n1cc(N)cc1C(=O)Nc1ccc(Cl)c(Cl)c1. The summed E-state index contributed by atoms with van der Waals surface area (Å²) in [5, 5.41) is 3.61. The summed E-state index contributed by atoms with van der Waals surface area (Å²) in [5.74, 6) is -0.242. The van der Waals surface area contributed by atoms with Gasteiger partial charge in [0, 0.05) is 17.9 Å². The number of hydrogen-bond donors (Lipinski definition) is 2. The maximum atomic E-state index is 12.3. The number of aromatic nitrogens is 1. The van der Waals surface area contributed by atoms with Crippen molar-refractivity contribution >= 4 is 40.5 Å². The minimum Gasteiger partial charge on any atom is -0.397 e. The third kappa shape index (κ3) is 3.08. The molecule has 1 aromatic heterocycles. The van der Waals surface area contributed by atoms with Crippen LogP contribution in [0.2, 0.25) is 10.0 Å². The number of halogens is 2. The molecule has 0 aliphatic heterocycles. The van der Waals surface area contributed by atoms with E-state index in [2.05, 4.69) is 5.32 Å². The second-order valence-corrected chi connectivity index (χ2v) is 5.56. The number of hydrogen-bond acceptors (Lipinski definition) is 2. The lowest BCUT2D eigenvalue weighted by Gasteiger charge is -2.13. The average molecular weight is 312 g/mol. The van der Waals surface area contributed by atoms with Crippen LogP contribution in [0.5, 0.6) is 0 Å². The molecular formula is C14H15Cl2N3O. The second kappa shape index (κ2) is 5.77. The standard InChI is InChI=1S/C14H15Cl2N3O/c1-8(2)19-7-9(17)5-13(19)14(20)18-10-3-4-11(15)12(16)6-10/h3-8H,17H2,1-2H3,(H,18,20). The first kappa shape index (κ1) is 14.8. The Hall–Kier alpha value is -1.65. The van der Waals surface area contributed by atoms with Crippen molar-refractivity contribution in [3.05, 3.63) is 46.2 Å². The molecule has 3 N–H and O–H groups in total. The highest BCUT2D eigenvalue weighted by Crippen LogP contribution is 2.25. The van der Waals surface area contributed by atoms with Crippen LogP contribution >= 0.6 is 23.2 Å². The molecule has 0 aliphatic rings. The Morgan fingerprint density at radius 1 is 1.25 bits per heavy atom. The van der Waals surface area contributed by atoms with Crippen LogP contribution < -0.4 is 11.1 Å². The van der Waals surface area contributed by atoms with E-state index in [0.29, 0.717) is 27.1 Å². The van der Waals surface area contributed by atoms with Gasteiger partial charge in [-0.15, -0.1) is 0 Å². The number of benzene rings is 1. The minimum atomic E-state index is -0.242. The molecule has 0 radical (unpaired) electrons. The summed E-state index contributed by atoms with van der Waals surface area (Å²) in [4.78, 5) is 12.3. The maximum Gasteiger partial charge on any atom is 0.272 e. The first-order valence-electron chi connectivity index (χ1n) is 6.12. The minimum absolute atomic E-state index is 0.141. The first-order chi connectivity index (χ1) is 9.38. The molecule has 6 heteroatoms. The lowest BCUT2D eigenvalue weighted by Crippen LogP contribution is -2.17. The molecule has 2 rings (SSSR count). The fourth-order valence-electron chi connectivity index (χ4n) is 1.88. The van der Waals surface area contributed by atoms with Crippen molar-refractivity contribution in [2.45, 2.75) is 19.9 Å². The summed E-state index contributed by atoms with van der Waals surface area (Å²) in [6, 6.07) is 6.72. The van der Waals surface area contributed by atoms with Gasteiger partial charge in [-0.2, -0.15) is 0 Å². The van der Waals surface area contributed by atoms with Crippen molar-refractivity contribution in [1.82, 2.24) is 4.57 Å². The first-order valence-corrected chi connectivity index (χ1v) is 6.88. The van der Waals surface area contributed by atoms with Crippen LogP contribution in [0.15, 0.2) is 30.5 Å². The van der Waals surface area contributed by atoms with Gasteiger partial charge in [0.2, 0.25) is 0 Å². The number of nitrogens with zero attached hydrogens (tertiary/aromatic N) is 1. The van der Waals surface area contributed by atoms with E-state index in [0.717, 1.165) is 0 Å². The second-order valence-electron chi connectivity index (χ2n) is 4.74. The lowest BCUT2D eigenvalue weighted by atomic mass is 10.3. The van der Waals surface area contributed by atoms with Crippen LogP contribution in [-0.4, -0.2) is 10.5 Å². The average Bonchev–Trinajstić information content (AvgIpc) is 2.76. The van der Waals surface area contributed by atoms with Crippen LogP contribution in [0.4, 0.5) is 11.4 Å². The van der Waals surface area contributed by atoms with Crippen molar-refractivity contribution in [2.24, 2.45) is 0 Å². The van der Waals surface area contributed by atoms with Gasteiger partial charge in [-0.1, -0.05) is 23.2 Å². The van der Waals surface area contributed by atoms with Gasteiger partial charge in [0.15, 0.2) is 0 Å². The van der Waals surface area contributed by atoms with Crippen LogP contribution in [0.1, 0.15) is 30.4 Å². The molecule has 0 aliphatic carbocycles. The molecule has 106 valence electrons. The van der Waals surface area contributed by atoms with E-state index in [1.54, 1.807) is 30.5 Å². The number of nitrogens with two attached hydrogens (primary N) is 1. The molecule has 1 aromatic carbocycles. The zero-order valence-electron chi connectivity index (χ0n) is 11.2. The van der Waals surface area contributed by atoms with Crippen LogP contribution in [0.25, 0.3) is 0 Å². The Labute approximate surface area is 127 Å². The van der Waals surface area contributed by atoms with E-state index in [1.165, 1.54) is 0 Å². The van der Waals surface area contributed by atoms with E-state index >= 15 is 0 Å². The molecule has 2 aromatic rings. The maximum absolute atomic E-state index is 12.3. The molecule has 0 fully saturated rings. The Morgan fingerprint density at radius 2 is 1.95 bits per heavy atom. The van der Waals surface area contributed by atoms with Crippen molar-refractivity contribution in [1.29, 1.82) is 0 Å². The zero-order chi connectivity index (χ0) is 14.9. The largest absolute Gasteiger partial charge is 0.397 e. The third-order valence-corrected chi connectivity index (χ3v) is 3.58. The smallest absolute Gasteiger partial charge is 0.272 e. The topological polar surface area (TPSA) is 60.0 Å². The van der Waals surface area contributed by atoms with Gasteiger partial charge in [-0.05, 0) is 38.1 Å². The van der Waals surface area contributed by atoms with Crippen LogP contribution in [-0.2, 0) is 0 Å². The van der Waals surface area contributed by atoms with E-state index in [-0.39, 0.29) is 11.9 Å². The molecular weight excluding hydrogens is 297 g/mol. The molecule has 1 heterocycles. The van der Waals surface area contributed by atoms with Crippen LogP contribution in [0.3, 0.4) is 0 Å². The normalized spacial score (nSPS) is 10.8. The van der Waals surface area contributed by atoms with Crippen molar-refractivity contribution in [3.8, 4) is 0 Å². The van der Waals surface area contributed by atoms with Gasteiger partial charge in [0.25, 0.3) is 5.91 Å². The molecule has 1 amide bonds. The van der Waals surface area contributed by atoms with E-state index in [1.807, 2.05) is 18.4 Å². The molecule has 20 heavy (non-hydrogen) atoms. The summed E-state index contributed by atoms with van der Waals surface area (Å²) in [6.45, 7) is 3.96. The van der Waals surface area contributed by atoms with Crippen molar-refractivity contribution in [2.75, 3.05) is 11.1 Å². The Balaban J connectivity index is 2.26. The van der Waals surface area contributed by atoms with Gasteiger partial charge in [-0.25, -0.2) is 0 Å². The van der Waals surface area contributed by atoms with Gasteiger partial charge >= 0.3 is 0 Å². The predicted molar refractivity (Wildman–Crippen MR) is 83.6 cm³/mol. The Bertz CT molecular complexity index is 650. The summed E-state index contributed by atoms with van der Waals surface area (Å²) < 4.78 is 1.82. The fraction of sp³-hybridized carbons (Fsp3) is 0.214. The zero-order valence-corrected chi connectivity index (χ0v) is 12.7. The molecule has 0 unspecified atom stereocenters. The predicted octanol–water partition coefficient (Wildman–Crippen LogP) is 4.21. The monoisotopic (exact) mass is 311 g/mol. The van der Waals surface area contributed by atoms with Gasteiger partial charge in [0.1, 0.15) is 5.69 Å². The fourth-order valence-corrected chi connectivity index (χ4v) is 2.18. The van der Waals surface area contributed by atoms with Gasteiger partial charge in [-0.3, -0.25) is 4.79 Å². The Morgan fingerprint density at radius 3 is 2.55 bits per heavy atom. The summed E-state index contributed by atoms with van der Waals surface area (Å²) >= 11 is 11.8. The highest BCUT2D eigenvalue weighted by atomic mass is 35.5. The highest BCUT2D eigenvalue weighted by Gasteiger charge is 2.15. The third-order valence-electron chi connectivity index (χ3n) is 2.84. The molecule has 0 atom stereocenters. The van der Waals surface area contributed by atoms with E-state index < -0.39 is 0 Å².